The molecular formula is C10H18N2O2S. The second kappa shape index (κ2) is 4.50. The molecule has 86 valence electrons. The fourth-order valence-corrected chi connectivity index (χ4v) is 3.11. The van der Waals surface area contributed by atoms with Crippen LogP contribution in [0, 0.1) is 17.2 Å². The van der Waals surface area contributed by atoms with Crippen LogP contribution >= 0.6 is 0 Å². The lowest BCUT2D eigenvalue weighted by molar-refractivity contribution is 0.270. The van der Waals surface area contributed by atoms with Gasteiger partial charge in [0.2, 0.25) is 10.0 Å². The van der Waals surface area contributed by atoms with Gasteiger partial charge in [-0.3, -0.25) is 0 Å². The minimum Gasteiger partial charge on any atom is -0.212 e. The van der Waals surface area contributed by atoms with Crippen LogP contribution in [0.15, 0.2) is 0 Å². The summed E-state index contributed by atoms with van der Waals surface area (Å²) in [5.41, 5.74) is -0.855. The van der Waals surface area contributed by atoms with Crippen LogP contribution in [0.1, 0.15) is 39.5 Å². The Labute approximate surface area is 91.7 Å². The van der Waals surface area contributed by atoms with Crippen molar-refractivity contribution in [1.29, 1.82) is 5.26 Å². The van der Waals surface area contributed by atoms with Crippen LogP contribution in [0.4, 0.5) is 0 Å². The molecule has 0 aromatic rings. The van der Waals surface area contributed by atoms with E-state index in [9.17, 15) is 8.42 Å². The average Bonchev–Trinajstić information content (AvgIpc) is 2.17. The van der Waals surface area contributed by atoms with Crippen molar-refractivity contribution >= 4 is 10.0 Å². The van der Waals surface area contributed by atoms with Gasteiger partial charge in [0.25, 0.3) is 0 Å². The van der Waals surface area contributed by atoms with E-state index in [1.807, 2.05) is 0 Å². The third-order valence-corrected chi connectivity index (χ3v) is 4.40. The van der Waals surface area contributed by atoms with Gasteiger partial charge in [-0.15, -0.1) is 0 Å². The molecule has 1 aliphatic rings. The Kier molecular flexibility index (Phi) is 3.74. The smallest absolute Gasteiger partial charge is 0.212 e. The summed E-state index contributed by atoms with van der Waals surface area (Å²) in [5.74, 6) is 0.447. The van der Waals surface area contributed by atoms with Crippen LogP contribution in [0.2, 0.25) is 0 Å². The van der Waals surface area contributed by atoms with E-state index in [1.54, 1.807) is 6.92 Å². The molecule has 1 N–H and O–H groups in total. The van der Waals surface area contributed by atoms with Crippen molar-refractivity contribution in [2.75, 3.05) is 5.75 Å². The molecule has 15 heavy (non-hydrogen) atoms. The zero-order valence-corrected chi connectivity index (χ0v) is 10.1. The molecule has 0 spiro atoms. The van der Waals surface area contributed by atoms with E-state index in [2.05, 4.69) is 17.7 Å². The molecule has 0 amide bonds. The number of rotatable bonds is 3. The first-order valence-corrected chi connectivity index (χ1v) is 7.01. The minimum atomic E-state index is -3.29. The van der Waals surface area contributed by atoms with E-state index >= 15 is 0 Å². The molecule has 0 aromatic heterocycles. The summed E-state index contributed by atoms with van der Waals surface area (Å²) in [7, 11) is -3.29. The van der Waals surface area contributed by atoms with E-state index < -0.39 is 15.6 Å². The van der Waals surface area contributed by atoms with Crippen LogP contribution in [-0.4, -0.2) is 19.7 Å². The van der Waals surface area contributed by atoms with Crippen LogP contribution in [0.25, 0.3) is 0 Å². The highest BCUT2D eigenvalue weighted by Gasteiger charge is 2.37. The number of hydrogen-bond donors (Lipinski definition) is 1. The lowest BCUT2D eigenvalue weighted by Crippen LogP contribution is -2.50. The van der Waals surface area contributed by atoms with Crippen LogP contribution < -0.4 is 4.72 Å². The SMILES string of the molecule is CCS(=O)(=O)N[C@]1(C#N)CCC[C@H](C)C1. The number of nitriles is 1. The molecule has 0 aliphatic heterocycles. The molecular weight excluding hydrogens is 212 g/mol. The van der Waals surface area contributed by atoms with E-state index in [4.69, 9.17) is 5.26 Å². The summed E-state index contributed by atoms with van der Waals surface area (Å²) >= 11 is 0. The van der Waals surface area contributed by atoms with Crippen molar-refractivity contribution in [3.05, 3.63) is 0 Å². The first-order chi connectivity index (χ1) is 6.93. The van der Waals surface area contributed by atoms with E-state index in [0.717, 1.165) is 12.8 Å². The van der Waals surface area contributed by atoms with Gasteiger partial charge in [0, 0.05) is 0 Å². The molecule has 2 atom stereocenters. The standard InChI is InChI=1S/C10H18N2O2S/c1-3-15(13,14)12-10(8-11)6-4-5-9(2)7-10/h9,12H,3-7H2,1-2H3/t9-,10+/m0/s1. The van der Waals surface area contributed by atoms with Gasteiger partial charge in [0.15, 0.2) is 0 Å². The molecule has 1 saturated carbocycles. The number of nitrogens with zero attached hydrogens (tertiary/aromatic N) is 1. The van der Waals surface area contributed by atoms with Crippen molar-refractivity contribution in [1.82, 2.24) is 4.72 Å². The fraction of sp³-hybridized carbons (Fsp3) is 0.900. The number of hydrogen-bond acceptors (Lipinski definition) is 3. The molecule has 0 radical (unpaired) electrons. The molecule has 0 heterocycles. The van der Waals surface area contributed by atoms with Gasteiger partial charge in [-0.2, -0.15) is 9.98 Å². The van der Waals surface area contributed by atoms with Gasteiger partial charge in [0.1, 0.15) is 5.54 Å². The zero-order chi connectivity index (χ0) is 11.5. The minimum absolute atomic E-state index is 0.0326. The summed E-state index contributed by atoms with van der Waals surface area (Å²) in [4.78, 5) is 0. The number of nitrogens with one attached hydrogen (secondary N) is 1. The van der Waals surface area contributed by atoms with Gasteiger partial charge in [-0.25, -0.2) is 8.42 Å². The van der Waals surface area contributed by atoms with Crippen molar-refractivity contribution < 1.29 is 8.42 Å². The Morgan fingerprint density at radius 1 is 1.60 bits per heavy atom. The average molecular weight is 230 g/mol. The second-order valence-electron chi connectivity index (χ2n) is 4.40. The molecule has 0 saturated heterocycles. The summed E-state index contributed by atoms with van der Waals surface area (Å²) in [6.45, 7) is 3.64. The molecule has 0 bridgehead atoms. The largest absolute Gasteiger partial charge is 0.212 e. The molecule has 4 nitrogen and oxygen atoms in total. The monoisotopic (exact) mass is 230 g/mol. The third-order valence-electron chi connectivity index (χ3n) is 2.94. The lowest BCUT2D eigenvalue weighted by atomic mass is 9.78. The van der Waals surface area contributed by atoms with Crippen molar-refractivity contribution in [3.63, 3.8) is 0 Å². The summed E-state index contributed by atoms with van der Waals surface area (Å²) in [6, 6.07) is 2.15. The Morgan fingerprint density at radius 3 is 2.73 bits per heavy atom. The molecule has 0 unspecified atom stereocenters. The summed E-state index contributed by atoms with van der Waals surface area (Å²) in [5, 5.41) is 9.14. The van der Waals surface area contributed by atoms with Crippen LogP contribution in [0.3, 0.4) is 0 Å². The highest BCUT2D eigenvalue weighted by molar-refractivity contribution is 7.89. The van der Waals surface area contributed by atoms with Crippen molar-refractivity contribution in [2.45, 2.75) is 45.1 Å². The van der Waals surface area contributed by atoms with E-state index in [-0.39, 0.29) is 5.75 Å². The molecule has 0 aromatic carbocycles. The predicted octanol–water partition coefficient (Wildman–Crippen LogP) is 1.40. The maximum absolute atomic E-state index is 11.5. The third kappa shape index (κ3) is 3.18. The highest BCUT2D eigenvalue weighted by atomic mass is 32.2. The van der Waals surface area contributed by atoms with E-state index in [0.29, 0.717) is 18.8 Å². The summed E-state index contributed by atoms with van der Waals surface area (Å²) in [6.07, 6.45) is 3.26. The van der Waals surface area contributed by atoms with Gasteiger partial charge in [-0.05, 0) is 25.7 Å². The fourth-order valence-electron chi connectivity index (χ4n) is 2.14. The van der Waals surface area contributed by atoms with Gasteiger partial charge >= 0.3 is 0 Å². The highest BCUT2D eigenvalue weighted by Crippen LogP contribution is 2.32. The molecule has 5 heteroatoms. The van der Waals surface area contributed by atoms with Gasteiger partial charge < -0.3 is 0 Å². The van der Waals surface area contributed by atoms with Crippen LogP contribution in [0.5, 0.6) is 0 Å². The first-order valence-electron chi connectivity index (χ1n) is 5.36. The molecule has 1 aliphatic carbocycles. The Balaban J connectivity index is 2.82. The summed E-state index contributed by atoms with van der Waals surface area (Å²) < 4.78 is 25.5. The zero-order valence-electron chi connectivity index (χ0n) is 9.28. The first kappa shape index (κ1) is 12.5. The quantitative estimate of drug-likeness (QED) is 0.796. The predicted molar refractivity (Wildman–Crippen MR) is 58.6 cm³/mol. The Bertz CT molecular complexity index is 358. The lowest BCUT2D eigenvalue weighted by Gasteiger charge is -2.34. The Morgan fingerprint density at radius 2 is 2.27 bits per heavy atom. The maximum atomic E-state index is 11.5. The number of sulfonamides is 1. The van der Waals surface area contributed by atoms with Crippen molar-refractivity contribution in [3.8, 4) is 6.07 Å². The topological polar surface area (TPSA) is 70.0 Å². The second-order valence-corrected chi connectivity index (χ2v) is 6.41. The van der Waals surface area contributed by atoms with E-state index in [1.165, 1.54) is 0 Å². The molecule has 1 rings (SSSR count). The normalized spacial score (nSPS) is 32.2. The van der Waals surface area contributed by atoms with Crippen LogP contribution in [-0.2, 0) is 10.0 Å². The van der Waals surface area contributed by atoms with Crippen molar-refractivity contribution in [2.24, 2.45) is 5.92 Å². The van der Waals surface area contributed by atoms with Gasteiger partial charge in [-0.1, -0.05) is 19.8 Å². The molecule has 1 fully saturated rings. The Hall–Kier alpha value is -0.600. The maximum Gasteiger partial charge on any atom is 0.212 e. The van der Waals surface area contributed by atoms with Gasteiger partial charge in [0.05, 0.1) is 11.8 Å².